The first-order valence-electron chi connectivity index (χ1n) is 11.3. The molecule has 7 nitrogen and oxygen atoms in total. The van der Waals surface area contributed by atoms with E-state index in [9.17, 15) is 18.0 Å². The molecule has 2 saturated heterocycles. The Kier molecular flexibility index (Phi) is 5.84. The summed E-state index contributed by atoms with van der Waals surface area (Å²) < 4.78 is 42.3. The molecule has 6 rings (SSSR count). The van der Waals surface area contributed by atoms with Gasteiger partial charge in [0.25, 0.3) is 5.91 Å². The number of allylic oxidation sites excluding steroid dienone is 1. The number of nitrogens with one attached hydrogen (secondary N) is 3. The zero-order valence-corrected chi connectivity index (χ0v) is 19.1. The third-order valence-electron chi connectivity index (χ3n) is 6.62. The summed E-state index contributed by atoms with van der Waals surface area (Å²) in [5.41, 5.74) is 0.336. The molecule has 2 aliphatic heterocycles. The fourth-order valence-electron chi connectivity index (χ4n) is 4.72. The maximum Gasteiger partial charge on any atom is 0.417 e. The topological polar surface area (TPSA) is 83.9 Å². The minimum Gasteiger partial charge on any atom is -0.380 e. The molecule has 35 heavy (non-hydrogen) atoms. The molecule has 2 aromatic heterocycles. The summed E-state index contributed by atoms with van der Waals surface area (Å²) in [6.45, 7) is 4.42. The lowest BCUT2D eigenvalue weighted by Crippen LogP contribution is -2.47. The van der Waals surface area contributed by atoms with Crippen LogP contribution in [-0.4, -0.2) is 52.0 Å². The molecule has 0 spiro atoms. The van der Waals surface area contributed by atoms with Gasteiger partial charge in [0.05, 0.1) is 28.7 Å². The average molecular weight is 483 g/mol. The lowest BCUT2D eigenvalue weighted by atomic mass is 9.80. The lowest BCUT2D eigenvalue weighted by Gasteiger charge is -2.36. The predicted molar refractivity (Wildman–Crippen MR) is 129 cm³/mol. The number of alkyl halides is 3. The van der Waals surface area contributed by atoms with Crippen LogP contribution in [0.15, 0.2) is 49.3 Å². The van der Waals surface area contributed by atoms with Crippen LogP contribution in [0.3, 0.4) is 0 Å². The van der Waals surface area contributed by atoms with Gasteiger partial charge in [0.15, 0.2) is 0 Å². The van der Waals surface area contributed by atoms with Crippen molar-refractivity contribution in [2.24, 2.45) is 13.0 Å². The molecule has 3 N–H and O–H groups in total. The van der Waals surface area contributed by atoms with Crippen molar-refractivity contribution in [2.45, 2.75) is 24.7 Å². The number of carbonyl (C=O) groups is 1. The molecule has 3 aliphatic rings. The highest BCUT2D eigenvalue weighted by Gasteiger charge is 2.46. The standard InChI is InChI=1S/C25H25F3N6O/c1-14(25(26,27)28)22-18-6-3-7-20(33-23-15-9-21(23)30-11-15)19(18)10-17(32-22)5-4-8-29-24(35)16-12-31-34(2)13-16/h3-7,10,12-13,15,21,23,30,33H,1,8-9,11H2,2H3,(H,29,35)/b5-4+. The van der Waals surface area contributed by atoms with Gasteiger partial charge in [-0.1, -0.05) is 24.8 Å². The monoisotopic (exact) mass is 482 g/mol. The van der Waals surface area contributed by atoms with Crippen LogP contribution in [0.25, 0.3) is 22.4 Å². The van der Waals surface area contributed by atoms with Gasteiger partial charge in [-0.15, -0.1) is 0 Å². The Bertz CT molecular complexity index is 1310. The third-order valence-corrected chi connectivity index (χ3v) is 6.62. The van der Waals surface area contributed by atoms with Crippen LogP contribution in [0.4, 0.5) is 18.9 Å². The number of rotatable bonds is 7. The van der Waals surface area contributed by atoms with Crippen LogP contribution in [0.1, 0.15) is 28.2 Å². The predicted octanol–water partition coefficient (Wildman–Crippen LogP) is 3.76. The zero-order valence-electron chi connectivity index (χ0n) is 19.1. The van der Waals surface area contributed by atoms with Gasteiger partial charge in [0.1, 0.15) is 0 Å². The lowest BCUT2D eigenvalue weighted by molar-refractivity contribution is -0.0688. The summed E-state index contributed by atoms with van der Waals surface area (Å²) in [6, 6.07) is 7.64. The molecule has 4 heterocycles. The SMILES string of the molecule is C=C(c1nc(/C=C/CNC(=O)c2cnn(C)c2)cc2c(NC3C4CNC3C4)cccc12)C(F)(F)F. The molecule has 3 aromatic rings. The van der Waals surface area contributed by atoms with Gasteiger partial charge in [-0.3, -0.25) is 9.48 Å². The highest BCUT2D eigenvalue weighted by Crippen LogP contribution is 2.40. The summed E-state index contributed by atoms with van der Waals surface area (Å²) in [6.07, 6.45) is 2.80. The number of pyridine rings is 1. The summed E-state index contributed by atoms with van der Waals surface area (Å²) in [4.78, 5) is 16.4. The minimum absolute atomic E-state index is 0.181. The quantitative estimate of drug-likeness (QED) is 0.478. The maximum atomic E-state index is 13.6. The van der Waals surface area contributed by atoms with E-state index in [1.807, 2.05) is 6.07 Å². The van der Waals surface area contributed by atoms with Crippen molar-refractivity contribution in [1.29, 1.82) is 0 Å². The van der Waals surface area contributed by atoms with Gasteiger partial charge in [0.2, 0.25) is 0 Å². The van der Waals surface area contributed by atoms with Crippen molar-refractivity contribution in [3.63, 3.8) is 0 Å². The Morgan fingerprint density at radius 1 is 1.34 bits per heavy atom. The number of aryl methyl sites for hydroxylation is 1. The van der Waals surface area contributed by atoms with E-state index in [1.54, 1.807) is 43.6 Å². The largest absolute Gasteiger partial charge is 0.417 e. The number of benzene rings is 1. The number of carbonyl (C=O) groups excluding carboxylic acids is 1. The number of amides is 1. The van der Waals surface area contributed by atoms with E-state index in [4.69, 9.17) is 0 Å². The summed E-state index contributed by atoms with van der Waals surface area (Å²) >= 11 is 0. The molecule has 3 fully saturated rings. The zero-order chi connectivity index (χ0) is 24.7. The Morgan fingerprint density at radius 2 is 2.17 bits per heavy atom. The van der Waals surface area contributed by atoms with Crippen molar-refractivity contribution >= 4 is 34.0 Å². The first kappa shape index (κ1) is 23.1. The van der Waals surface area contributed by atoms with Crippen LogP contribution in [0, 0.1) is 5.92 Å². The van der Waals surface area contributed by atoms with Gasteiger partial charge in [0, 0.05) is 54.9 Å². The summed E-state index contributed by atoms with van der Waals surface area (Å²) in [5.74, 6) is 0.222. The Hall–Kier alpha value is -3.66. The van der Waals surface area contributed by atoms with E-state index in [0.717, 1.165) is 18.7 Å². The molecule has 182 valence electrons. The normalized spacial score (nSPS) is 21.3. The van der Waals surface area contributed by atoms with Gasteiger partial charge in [-0.25, -0.2) is 4.98 Å². The van der Waals surface area contributed by atoms with E-state index in [-0.39, 0.29) is 24.2 Å². The molecule has 1 amide bonds. The number of hydrogen-bond acceptors (Lipinski definition) is 5. The first-order valence-corrected chi connectivity index (χ1v) is 11.3. The van der Waals surface area contributed by atoms with Crippen molar-refractivity contribution in [3.8, 4) is 0 Å². The number of nitrogens with zero attached hydrogens (tertiary/aromatic N) is 3. The number of hydrogen-bond donors (Lipinski definition) is 3. The van der Waals surface area contributed by atoms with Crippen molar-refractivity contribution in [1.82, 2.24) is 25.4 Å². The van der Waals surface area contributed by atoms with Gasteiger partial charge < -0.3 is 16.0 Å². The molecule has 1 aromatic carbocycles. The maximum absolute atomic E-state index is 13.6. The Labute approximate surface area is 200 Å². The number of halogens is 3. The van der Waals surface area contributed by atoms with Crippen LogP contribution in [0.5, 0.6) is 0 Å². The second-order valence-electron chi connectivity index (χ2n) is 8.97. The van der Waals surface area contributed by atoms with Gasteiger partial charge in [-0.05, 0) is 30.5 Å². The van der Waals surface area contributed by atoms with Crippen molar-refractivity contribution in [2.75, 3.05) is 18.4 Å². The van der Waals surface area contributed by atoms with Crippen molar-refractivity contribution in [3.05, 3.63) is 66.3 Å². The highest BCUT2D eigenvalue weighted by atomic mass is 19.4. The van der Waals surface area contributed by atoms with Crippen LogP contribution < -0.4 is 16.0 Å². The Morgan fingerprint density at radius 3 is 2.83 bits per heavy atom. The number of fused-ring (bicyclic) bond motifs is 2. The third kappa shape index (κ3) is 4.53. The van der Waals surface area contributed by atoms with E-state index in [0.29, 0.717) is 34.0 Å². The Balaban J connectivity index is 1.43. The van der Waals surface area contributed by atoms with E-state index < -0.39 is 11.7 Å². The van der Waals surface area contributed by atoms with Crippen LogP contribution in [0.2, 0.25) is 0 Å². The molecule has 0 radical (unpaired) electrons. The molecule has 2 bridgehead atoms. The first-order chi connectivity index (χ1) is 16.7. The number of aromatic nitrogens is 3. The van der Waals surface area contributed by atoms with E-state index in [1.165, 1.54) is 10.9 Å². The van der Waals surface area contributed by atoms with Crippen LogP contribution >= 0.6 is 0 Å². The molecule has 1 aliphatic carbocycles. The van der Waals surface area contributed by atoms with E-state index in [2.05, 4.69) is 32.6 Å². The van der Waals surface area contributed by atoms with E-state index >= 15 is 0 Å². The molecule has 3 unspecified atom stereocenters. The molecular formula is C25H25F3N6O. The molecular weight excluding hydrogens is 457 g/mol. The van der Waals surface area contributed by atoms with Crippen LogP contribution in [-0.2, 0) is 7.05 Å². The molecule has 1 saturated carbocycles. The fraction of sp³-hybridized carbons (Fsp3) is 0.320. The number of anilines is 1. The minimum atomic E-state index is -4.61. The molecule has 10 heteroatoms. The fourth-order valence-corrected chi connectivity index (χ4v) is 4.72. The second kappa shape index (κ2) is 8.84. The summed E-state index contributed by atoms with van der Waals surface area (Å²) in [7, 11) is 1.71. The highest BCUT2D eigenvalue weighted by molar-refractivity contribution is 6.01. The van der Waals surface area contributed by atoms with Gasteiger partial charge >= 0.3 is 6.18 Å². The summed E-state index contributed by atoms with van der Waals surface area (Å²) in [5, 5.41) is 14.7. The smallest absolute Gasteiger partial charge is 0.380 e. The van der Waals surface area contributed by atoms with Crippen molar-refractivity contribution < 1.29 is 18.0 Å². The van der Waals surface area contributed by atoms with Gasteiger partial charge in [-0.2, -0.15) is 18.3 Å². The molecule has 3 atom stereocenters. The average Bonchev–Trinajstić information content (AvgIpc) is 3.56. The second-order valence-corrected chi connectivity index (χ2v) is 8.97.